The fraction of sp³-hybridized carbons (Fsp3) is 0.238. The molecule has 0 radical (unpaired) electrons. The summed E-state index contributed by atoms with van der Waals surface area (Å²) in [5.74, 6) is 0.986. The first-order valence-corrected chi connectivity index (χ1v) is 9.30. The third-order valence-electron chi connectivity index (χ3n) is 4.08. The van der Waals surface area contributed by atoms with Crippen LogP contribution in [0.15, 0.2) is 47.0 Å². The summed E-state index contributed by atoms with van der Waals surface area (Å²) in [4.78, 5) is 27.9. The summed E-state index contributed by atoms with van der Waals surface area (Å²) < 4.78 is 25.6. The van der Waals surface area contributed by atoms with E-state index in [-0.39, 0.29) is 19.1 Å². The molecule has 3 aromatic rings. The van der Waals surface area contributed by atoms with Crippen LogP contribution in [0.1, 0.15) is 23.2 Å². The number of esters is 1. The Bertz CT molecular complexity index is 1050. The van der Waals surface area contributed by atoms with Crippen molar-refractivity contribution in [2.75, 3.05) is 26.1 Å². The van der Waals surface area contributed by atoms with Crippen LogP contribution in [0.3, 0.4) is 0 Å². The van der Waals surface area contributed by atoms with Crippen LogP contribution in [0.2, 0.25) is 0 Å². The van der Waals surface area contributed by atoms with E-state index < -0.39 is 12.1 Å². The highest BCUT2D eigenvalue weighted by atomic mass is 16.6. The van der Waals surface area contributed by atoms with E-state index >= 15 is 0 Å². The lowest BCUT2D eigenvalue weighted by Gasteiger charge is -2.07. The molecular formula is C21H21N3O7. The molecule has 0 spiro atoms. The van der Waals surface area contributed by atoms with Gasteiger partial charge >= 0.3 is 12.1 Å². The third-order valence-corrected chi connectivity index (χ3v) is 4.08. The molecule has 0 aliphatic heterocycles. The average molecular weight is 427 g/mol. The highest BCUT2D eigenvalue weighted by Crippen LogP contribution is 2.31. The molecule has 1 amide bonds. The standard InChI is InChI=1S/C21H21N3O7/c1-4-29-21(26)22-15-8-5-13(6-9-15)20(25)30-12-18-23-19(24-31-18)14-7-10-16(27-2)17(11-14)28-3/h5-11H,4,12H2,1-3H3,(H,22,26). The van der Waals surface area contributed by atoms with E-state index in [4.69, 9.17) is 23.5 Å². The van der Waals surface area contributed by atoms with Crippen LogP contribution in [0.25, 0.3) is 11.4 Å². The van der Waals surface area contributed by atoms with Crippen LogP contribution in [0, 0.1) is 0 Å². The molecule has 1 heterocycles. The number of rotatable bonds is 8. The number of benzene rings is 2. The van der Waals surface area contributed by atoms with Gasteiger partial charge in [0.05, 0.1) is 26.4 Å². The van der Waals surface area contributed by atoms with Crippen LogP contribution in [0.5, 0.6) is 11.5 Å². The number of hydrogen-bond acceptors (Lipinski definition) is 9. The lowest BCUT2D eigenvalue weighted by Crippen LogP contribution is -2.13. The second-order valence-corrected chi connectivity index (χ2v) is 6.08. The van der Waals surface area contributed by atoms with Crippen LogP contribution in [-0.4, -0.2) is 43.0 Å². The van der Waals surface area contributed by atoms with Crippen molar-refractivity contribution in [1.29, 1.82) is 0 Å². The van der Waals surface area contributed by atoms with Gasteiger partial charge in [-0.15, -0.1) is 0 Å². The van der Waals surface area contributed by atoms with Crippen molar-refractivity contribution in [2.24, 2.45) is 0 Å². The predicted octanol–water partition coefficient (Wildman–Crippen LogP) is 3.68. The summed E-state index contributed by atoms with van der Waals surface area (Å²) in [7, 11) is 3.07. The minimum atomic E-state index is -0.575. The summed E-state index contributed by atoms with van der Waals surface area (Å²) in [5, 5.41) is 6.43. The van der Waals surface area contributed by atoms with Gasteiger partial charge in [-0.3, -0.25) is 5.32 Å². The number of nitrogens with zero attached hydrogens (tertiary/aromatic N) is 2. The van der Waals surface area contributed by atoms with Crippen LogP contribution in [0.4, 0.5) is 10.5 Å². The molecule has 0 aliphatic carbocycles. The fourth-order valence-corrected chi connectivity index (χ4v) is 2.59. The fourth-order valence-electron chi connectivity index (χ4n) is 2.59. The number of methoxy groups -OCH3 is 2. The molecule has 31 heavy (non-hydrogen) atoms. The molecule has 0 aliphatic rings. The second kappa shape index (κ2) is 10.1. The molecule has 162 valence electrons. The number of aromatic nitrogens is 2. The zero-order chi connectivity index (χ0) is 22.2. The summed E-state index contributed by atoms with van der Waals surface area (Å²) in [6, 6.07) is 11.4. The Labute approximate surface area is 178 Å². The predicted molar refractivity (Wildman–Crippen MR) is 109 cm³/mol. The smallest absolute Gasteiger partial charge is 0.411 e. The molecule has 10 heteroatoms. The van der Waals surface area contributed by atoms with E-state index in [1.54, 1.807) is 44.4 Å². The molecule has 0 saturated heterocycles. The first-order valence-electron chi connectivity index (χ1n) is 9.30. The quantitative estimate of drug-likeness (QED) is 0.536. The lowest BCUT2D eigenvalue weighted by atomic mass is 10.2. The average Bonchev–Trinajstić information content (AvgIpc) is 3.26. The van der Waals surface area contributed by atoms with Gasteiger partial charge in [0, 0.05) is 11.3 Å². The summed E-state index contributed by atoms with van der Waals surface area (Å²) >= 11 is 0. The van der Waals surface area contributed by atoms with Crippen LogP contribution in [-0.2, 0) is 16.1 Å². The highest BCUT2D eigenvalue weighted by molar-refractivity contribution is 5.91. The first-order chi connectivity index (χ1) is 15.0. The van der Waals surface area contributed by atoms with Gasteiger partial charge in [-0.1, -0.05) is 5.16 Å². The topological polar surface area (TPSA) is 122 Å². The van der Waals surface area contributed by atoms with Gasteiger partial charge in [-0.25, -0.2) is 9.59 Å². The SMILES string of the molecule is CCOC(=O)Nc1ccc(C(=O)OCc2nc(-c3ccc(OC)c(OC)c3)no2)cc1. The minimum absolute atomic E-state index is 0.138. The van der Waals surface area contributed by atoms with Crippen molar-refractivity contribution in [1.82, 2.24) is 10.1 Å². The second-order valence-electron chi connectivity index (χ2n) is 6.08. The number of amides is 1. The number of anilines is 1. The molecule has 10 nitrogen and oxygen atoms in total. The Morgan fingerprint density at radius 3 is 2.42 bits per heavy atom. The number of hydrogen-bond donors (Lipinski definition) is 1. The molecule has 0 unspecified atom stereocenters. The molecule has 1 N–H and O–H groups in total. The summed E-state index contributed by atoms with van der Waals surface area (Å²) in [6.07, 6.45) is -0.570. The van der Waals surface area contributed by atoms with Gasteiger partial charge in [-0.2, -0.15) is 4.98 Å². The van der Waals surface area contributed by atoms with E-state index in [0.29, 0.717) is 34.1 Å². The van der Waals surface area contributed by atoms with E-state index in [1.807, 2.05) is 0 Å². The van der Waals surface area contributed by atoms with Gasteiger partial charge in [0.15, 0.2) is 18.1 Å². The zero-order valence-corrected chi connectivity index (χ0v) is 17.2. The minimum Gasteiger partial charge on any atom is -0.493 e. The van der Waals surface area contributed by atoms with Gasteiger partial charge in [-0.05, 0) is 49.4 Å². The largest absolute Gasteiger partial charge is 0.493 e. The van der Waals surface area contributed by atoms with E-state index in [1.165, 1.54) is 19.2 Å². The van der Waals surface area contributed by atoms with Gasteiger partial charge < -0.3 is 23.5 Å². The first kappa shape index (κ1) is 21.6. The molecule has 1 aromatic heterocycles. The maximum atomic E-state index is 12.2. The number of carbonyl (C=O) groups is 2. The van der Waals surface area contributed by atoms with Crippen molar-refractivity contribution < 1.29 is 33.1 Å². The highest BCUT2D eigenvalue weighted by Gasteiger charge is 2.14. The van der Waals surface area contributed by atoms with E-state index in [2.05, 4.69) is 15.5 Å². The van der Waals surface area contributed by atoms with Gasteiger partial charge in [0.1, 0.15) is 0 Å². The molecule has 0 saturated carbocycles. The van der Waals surface area contributed by atoms with Crippen molar-refractivity contribution in [2.45, 2.75) is 13.5 Å². The summed E-state index contributed by atoms with van der Waals surface area (Å²) in [5.41, 5.74) is 1.45. The maximum Gasteiger partial charge on any atom is 0.411 e. The van der Waals surface area contributed by atoms with E-state index in [0.717, 1.165) is 0 Å². The Kier molecular flexibility index (Phi) is 7.05. The molecule has 0 fully saturated rings. The molecule has 3 rings (SSSR count). The number of ether oxygens (including phenoxy) is 4. The third kappa shape index (κ3) is 5.50. The maximum absolute atomic E-state index is 12.2. The Balaban J connectivity index is 1.59. The lowest BCUT2D eigenvalue weighted by molar-refractivity contribution is 0.0430. The van der Waals surface area contributed by atoms with Crippen molar-refractivity contribution in [3.05, 3.63) is 53.9 Å². The van der Waals surface area contributed by atoms with Crippen molar-refractivity contribution in [3.63, 3.8) is 0 Å². The Morgan fingerprint density at radius 1 is 1.00 bits per heavy atom. The van der Waals surface area contributed by atoms with Crippen LogP contribution >= 0.6 is 0 Å². The van der Waals surface area contributed by atoms with E-state index in [9.17, 15) is 9.59 Å². The molecular weight excluding hydrogens is 406 g/mol. The van der Waals surface area contributed by atoms with Gasteiger partial charge in [0.2, 0.25) is 5.82 Å². The van der Waals surface area contributed by atoms with Crippen molar-refractivity contribution >= 4 is 17.7 Å². The zero-order valence-electron chi connectivity index (χ0n) is 17.2. The number of carbonyl (C=O) groups excluding carboxylic acids is 2. The molecule has 0 atom stereocenters. The molecule has 0 bridgehead atoms. The Hall–Kier alpha value is -4.08. The molecule has 2 aromatic carbocycles. The Morgan fingerprint density at radius 2 is 1.74 bits per heavy atom. The monoisotopic (exact) mass is 427 g/mol. The normalized spacial score (nSPS) is 10.3. The number of nitrogens with one attached hydrogen (secondary N) is 1. The van der Waals surface area contributed by atoms with Crippen LogP contribution < -0.4 is 14.8 Å². The van der Waals surface area contributed by atoms with Gasteiger partial charge in [0.25, 0.3) is 5.89 Å². The van der Waals surface area contributed by atoms with Crippen molar-refractivity contribution in [3.8, 4) is 22.9 Å². The summed E-state index contributed by atoms with van der Waals surface area (Å²) in [6.45, 7) is 1.78.